The van der Waals surface area contributed by atoms with Crippen molar-refractivity contribution in [1.82, 2.24) is 25.5 Å². The maximum Gasteiger partial charge on any atom is 0.254 e. The van der Waals surface area contributed by atoms with E-state index < -0.39 is 18.8 Å². The van der Waals surface area contributed by atoms with Crippen LogP contribution >= 0.6 is 0 Å². The van der Waals surface area contributed by atoms with Crippen LogP contribution in [0.15, 0.2) is 0 Å². The van der Waals surface area contributed by atoms with Crippen molar-refractivity contribution in [2.75, 3.05) is 31.1 Å². The third kappa shape index (κ3) is 3.37. The smallest absolute Gasteiger partial charge is 0.254 e. The summed E-state index contributed by atoms with van der Waals surface area (Å²) in [7, 11) is 0. The number of carbonyl (C=O) groups excluding carboxylic acids is 1. The highest BCUT2D eigenvalue weighted by atomic mass is 19.3. The van der Waals surface area contributed by atoms with Crippen molar-refractivity contribution in [3.05, 3.63) is 17.1 Å². The van der Waals surface area contributed by atoms with Crippen LogP contribution < -0.4 is 15.5 Å². The molecule has 0 aromatic carbocycles. The number of nitrogens with zero attached hydrogens (tertiary/aromatic N) is 4. The van der Waals surface area contributed by atoms with Crippen LogP contribution in [-0.2, 0) is 17.6 Å². The third-order valence-corrected chi connectivity index (χ3v) is 5.38. The standard InChI is InChI=1S/C17H24F2N6O/c1-10-20-12-4-2-3-11(12)16(21-10)24-5-7-25(8-6-24)17-22-13(15(18)19)9-14(26)23-17/h13,15,17,22H,2-9H2,1H3,(H,23,26). The molecule has 0 bridgehead atoms. The summed E-state index contributed by atoms with van der Waals surface area (Å²) in [5.41, 5.74) is 2.42. The molecule has 2 atom stereocenters. The average Bonchev–Trinajstić information content (AvgIpc) is 3.09. The minimum atomic E-state index is -2.54. The topological polar surface area (TPSA) is 73.4 Å². The average molecular weight is 366 g/mol. The molecule has 26 heavy (non-hydrogen) atoms. The van der Waals surface area contributed by atoms with Crippen LogP contribution in [0.2, 0.25) is 0 Å². The Balaban J connectivity index is 1.43. The van der Waals surface area contributed by atoms with Crippen molar-refractivity contribution in [2.24, 2.45) is 0 Å². The summed E-state index contributed by atoms with van der Waals surface area (Å²) < 4.78 is 26.0. The van der Waals surface area contributed by atoms with Gasteiger partial charge in [-0.25, -0.2) is 18.7 Å². The van der Waals surface area contributed by atoms with Gasteiger partial charge in [0.2, 0.25) is 5.91 Å². The Morgan fingerprint density at radius 2 is 1.92 bits per heavy atom. The van der Waals surface area contributed by atoms with Crippen LogP contribution in [0.3, 0.4) is 0 Å². The van der Waals surface area contributed by atoms with Crippen LogP contribution in [-0.4, -0.2) is 65.7 Å². The molecule has 3 aliphatic rings. The molecule has 2 fully saturated rings. The molecule has 1 amide bonds. The zero-order valence-electron chi connectivity index (χ0n) is 14.8. The fraction of sp³-hybridized carbons (Fsp3) is 0.706. The second-order valence-electron chi connectivity index (χ2n) is 7.18. The van der Waals surface area contributed by atoms with Crippen molar-refractivity contribution in [3.63, 3.8) is 0 Å². The van der Waals surface area contributed by atoms with Crippen molar-refractivity contribution in [1.29, 1.82) is 0 Å². The first-order valence-corrected chi connectivity index (χ1v) is 9.20. The molecule has 2 aliphatic heterocycles. The number of alkyl halides is 2. The first-order valence-electron chi connectivity index (χ1n) is 9.20. The van der Waals surface area contributed by atoms with Crippen molar-refractivity contribution < 1.29 is 13.6 Å². The number of fused-ring (bicyclic) bond motifs is 1. The summed E-state index contributed by atoms with van der Waals surface area (Å²) in [5.74, 6) is 1.49. The molecule has 2 unspecified atom stereocenters. The minimum Gasteiger partial charge on any atom is -0.354 e. The SMILES string of the molecule is Cc1nc2c(c(N3CCN(C4NC(=O)CC(C(F)F)N4)CC3)n1)CCC2. The van der Waals surface area contributed by atoms with Crippen LogP contribution in [0.4, 0.5) is 14.6 Å². The summed E-state index contributed by atoms with van der Waals surface area (Å²) in [5, 5.41) is 5.63. The maximum atomic E-state index is 13.0. The number of aromatic nitrogens is 2. The second kappa shape index (κ2) is 7.03. The normalized spacial score (nSPS) is 26.9. The van der Waals surface area contributed by atoms with Gasteiger partial charge in [-0.05, 0) is 26.2 Å². The Kier molecular flexibility index (Phi) is 4.74. The largest absolute Gasteiger partial charge is 0.354 e. The Labute approximate surface area is 151 Å². The number of carbonyl (C=O) groups is 1. The van der Waals surface area contributed by atoms with Gasteiger partial charge in [0, 0.05) is 43.9 Å². The third-order valence-electron chi connectivity index (χ3n) is 5.38. The molecule has 0 saturated carbocycles. The molecule has 0 spiro atoms. The first-order chi connectivity index (χ1) is 12.5. The molecule has 2 saturated heterocycles. The summed E-state index contributed by atoms with van der Waals surface area (Å²) in [6, 6.07) is -1.08. The molecule has 2 N–H and O–H groups in total. The molecule has 142 valence electrons. The molecule has 0 radical (unpaired) electrons. The van der Waals surface area contributed by atoms with E-state index in [-0.39, 0.29) is 12.3 Å². The lowest BCUT2D eigenvalue weighted by molar-refractivity contribution is -0.129. The first kappa shape index (κ1) is 17.5. The molecule has 9 heteroatoms. The van der Waals surface area contributed by atoms with Gasteiger partial charge < -0.3 is 10.2 Å². The van der Waals surface area contributed by atoms with E-state index in [2.05, 4.69) is 25.5 Å². The molecular formula is C17H24F2N6O. The zero-order valence-corrected chi connectivity index (χ0v) is 14.8. The quantitative estimate of drug-likeness (QED) is 0.808. The monoisotopic (exact) mass is 366 g/mol. The second-order valence-corrected chi connectivity index (χ2v) is 7.18. The number of amides is 1. The predicted molar refractivity (Wildman–Crippen MR) is 92.1 cm³/mol. The van der Waals surface area contributed by atoms with Crippen molar-refractivity contribution >= 4 is 11.7 Å². The van der Waals surface area contributed by atoms with E-state index in [1.807, 2.05) is 11.8 Å². The van der Waals surface area contributed by atoms with Gasteiger partial charge in [-0.3, -0.25) is 15.0 Å². The predicted octanol–water partition coefficient (Wildman–Crippen LogP) is 0.423. The number of hydrogen-bond acceptors (Lipinski definition) is 6. The lowest BCUT2D eigenvalue weighted by Gasteiger charge is -2.43. The summed E-state index contributed by atoms with van der Waals surface area (Å²) >= 11 is 0. The number of piperazine rings is 1. The summed E-state index contributed by atoms with van der Waals surface area (Å²) in [6.07, 6.45) is -0.111. The van der Waals surface area contributed by atoms with Gasteiger partial charge in [0.05, 0.1) is 6.04 Å². The zero-order chi connectivity index (χ0) is 18.3. The van der Waals surface area contributed by atoms with Crippen LogP contribution in [0.5, 0.6) is 0 Å². The maximum absolute atomic E-state index is 13.0. The van der Waals surface area contributed by atoms with E-state index in [4.69, 9.17) is 0 Å². The van der Waals surface area contributed by atoms with Gasteiger partial charge in [-0.1, -0.05) is 0 Å². The van der Waals surface area contributed by atoms with Gasteiger partial charge in [0.1, 0.15) is 17.9 Å². The molecule has 1 aromatic rings. The summed E-state index contributed by atoms with van der Waals surface area (Å²) in [4.78, 5) is 25.2. The lowest BCUT2D eigenvalue weighted by Crippen LogP contribution is -2.67. The highest BCUT2D eigenvalue weighted by Gasteiger charge is 2.36. The Bertz CT molecular complexity index is 692. The number of nitrogens with one attached hydrogen (secondary N) is 2. The molecule has 1 aromatic heterocycles. The number of anilines is 1. The fourth-order valence-corrected chi connectivity index (χ4v) is 4.06. The number of aryl methyl sites for hydroxylation is 2. The highest BCUT2D eigenvalue weighted by molar-refractivity contribution is 5.77. The van der Waals surface area contributed by atoms with E-state index in [0.717, 1.165) is 49.7 Å². The highest BCUT2D eigenvalue weighted by Crippen LogP contribution is 2.29. The van der Waals surface area contributed by atoms with Gasteiger partial charge in [-0.2, -0.15) is 0 Å². The Hall–Kier alpha value is -1.87. The van der Waals surface area contributed by atoms with Crippen molar-refractivity contribution in [3.8, 4) is 0 Å². The molecule has 3 heterocycles. The van der Waals surface area contributed by atoms with Gasteiger partial charge in [0.15, 0.2) is 0 Å². The van der Waals surface area contributed by atoms with E-state index in [9.17, 15) is 13.6 Å². The molecule has 1 aliphatic carbocycles. The summed E-state index contributed by atoms with van der Waals surface area (Å²) in [6.45, 7) is 4.76. The van der Waals surface area contributed by atoms with Crippen molar-refractivity contribution in [2.45, 2.75) is 51.4 Å². The number of halogens is 2. The molecule has 7 nitrogen and oxygen atoms in total. The van der Waals surface area contributed by atoms with E-state index >= 15 is 0 Å². The van der Waals surface area contributed by atoms with Gasteiger partial charge in [0.25, 0.3) is 6.43 Å². The number of rotatable bonds is 3. The van der Waals surface area contributed by atoms with Gasteiger partial charge >= 0.3 is 0 Å². The van der Waals surface area contributed by atoms with Crippen LogP contribution in [0.25, 0.3) is 0 Å². The van der Waals surface area contributed by atoms with Gasteiger partial charge in [-0.15, -0.1) is 0 Å². The number of hydrogen-bond donors (Lipinski definition) is 2. The van der Waals surface area contributed by atoms with E-state index in [1.54, 1.807) is 0 Å². The molecule has 4 rings (SSSR count). The minimum absolute atomic E-state index is 0.180. The van der Waals surface area contributed by atoms with Crippen LogP contribution in [0, 0.1) is 6.92 Å². The Morgan fingerprint density at radius 1 is 1.15 bits per heavy atom. The lowest BCUT2D eigenvalue weighted by atomic mass is 10.1. The Morgan fingerprint density at radius 3 is 2.65 bits per heavy atom. The molecular weight excluding hydrogens is 342 g/mol. The van der Waals surface area contributed by atoms with E-state index in [1.165, 1.54) is 5.56 Å². The van der Waals surface area contributed by atoms with Crippen LogP contribution in [0.1, 0.15) is 29.9 Å². The van der Waals surface area contributed by atoms with E-state index in [0.29, 0.717) is 13.1 Å². The fourth-order valence-electron chi connectivity index (χ4n) is 4.06.